The lowest BCUT2D eigenvalue weighted by molar-refractivity contribution is -0.136. The summed E-state index contributed by atoms with van der Waals surface area (Å²) >= 11 is 0. The fourth-order valence-electron chi connectivity index (χ4n) is 2.53. The molecular formula is C15H17F3N2O3. The number of carbonyl (C=O) groups is 2. The third kappa shape index (κ3) is 4.22. The maximum absolute atomic E-state index is 13.4. The van der Waals surface area contributed by atoms with Crippen molar-refractivity contribution >= 4 is 17.5 Å². The predicted molar refractivity (Wildman–Crippen MR) is 75.9 cm³/mol. The molecule has 0 aromatic heterocycles. The van der Waals surface area contributed by atoms with Gasteiger partial charge in [0.05, 0.1) is 11.8 Å². The molecule has 5 nitrogen and oxygen atoms in total. The number of amides is 2. The van der Waals surface area contributed by atoms with Crippen LogP contribution in [0, 0.1) is 23.4 Å². The van der Waals surface area contributed by atoms with Crippen LogP contribution in [-0.4, -0.2) is 29.6 Å². The van der Waals surface area contributed by atoms with E-state index in [2.05, 4.69) is 5.32 Å². The van der Waals surface area contributed by atoms with Crippen LogP contribution in [0.15, 0.2) is 12.1 Å². The lowest BCUT2D eigenvalue weighted by Gasteiger charge is -2.27. The summed E-state index contributed by atoms with van der Waals surface area (Å²) in [6, 6.07) is 1.47. The van der Waals surface area contributed by atoms with Crippen LogP contribution in [0.4, 0.5) is 18.9 Å². The monoisotopic (exact) mass is 330 g/mol. The van der Waals surface area contributed by atoms with Crippen molar-refractivity contribution in [2.24, 2.45) is 5.92 Å². The minimum atomic E-state index is -1.73. The van der Waals surface area contributed by atoms with Crippen molar-refractivity contribution in [2.75, 3.05) is 11.9 Å². The van der Waals surface area contributed by atoms with Crippen LogP contribution in [0.2, 0.25) is 0 Å². The normalized spacial score (nSPS) is 20.9. The minimum absolute atomic E-state index is 0.119. The van der Waals surface area contributed by atoms with Crippen LogP contribution in [0.5, 0.6) is 0 Å². The number of aliphatic hydroxyl groups is 1. The predicted octanol–water partition coefficient (Wildman–Crippen LogP) is 1.71. The van der Waals surface area contributed by atoms with E-state index in [9.17, 15) is 27.9 Å². The smallest absolute Gasteiger partial charge is 0.313 e. The van der Waals surface area contributed by atoms with E-state index in [1.165, 1.54) is 0 Å². The molecule has 0 heterocycles. The number of halogens is 3. The Morgan fingerprint density at radius 1 is 1.09 bits per heavy atom. The molecule has 23 heavy (non-hydrogen) atoms. The number of carbonyl (C=O) groups excluding carboxylic acids is 2. The van der Waals surface area contributed by atoms with Crippen LogP contribution < -0.4 is 10.6 Å². The standard InChI is InChI=1S/C15H17F3N2O3/c16-9-5-6-10(13(18)12(9)17)20-15(23)14(22)19-7-8-3-1-2-4-11(8)21/h5-6,8,11,21H,1-4,7H2,(H,19,22)(H,20,23)/t8-,11+/m1/s1. The Balaban J connectivity index is 1.90. The van der Waals surface area contributed by atoms with Gasteiger partial charge in [-0.05, 0) is 25.0 Å². The van der Waals surface area contributed by atoms with Gasteiger partial charge in [0.15, 0.2) is 17.5 Å². The van der Waals surface area contributed by atoms with Gasteiger partial charge in [-0.25, -0.2) is 13.2 Å². The van der Waals surface area contributed by atoms with Crippen LogP contribution in [0.25, 0.3) is 0 Å². The summed E-state index contributed by atoms with van der Waals surface area (Å²) in [5.74, 6) is -7.06. The second-order valence-electron chi connectivity index (χ2n) is 5.50. The van der Waals surface area contributed by atoms with Crippen LogP contribution >= 0.6 is 0 Å². The zero-order valence-corrected chi connectivity index (χ0v) is 12.2. The van der Waals surface area contributed by atoms with Crippen molar-refractivity contribution < 1.29 is 27.9 Å². The van der Waals surface area contributed by atoms with E-state index in [0.717, 1.165) is 25.3 Å². The summed E-state index contributed by atoms with van der Waals surface area (Å²) in [5.41, 5.74) is -0.623. The van der Waals surface area contributed by atoms with Crippen molar-refractivity contribution in [3.05, 3.63) is 29.6 Å². The van der Waals surface area contributed by atoms with Crippen molar-refractivity contribution in [1.82, 2.24) is 5.32 Å². The average molecular weight is 330 g/mol. The molecule has 1 fully saturated rings. The number of benzene rings is 1. The Kier molecular flexibility index (Phi) is 5.59. The molecule has 0 saturated heterocycles. The number of hydrogen-bond donors (Lipinski definition) is 3. The van der Waals surface area contributed by atoms with E-state index in [1.54, 1.807) is 0 Å². The number of rotatable bonds is 3. The lowest BCUT2D eigenvalue weighted by Crippen LogP contribution is -2.41. The highest BCUT2D eigenvalue weighted by molar-refractivity contribution is 6.39. The van der Waals surface area contributed by atoms with Gasteiger partial charge in [0.2, 0.25) is 0 Å². The van der Waals surface area contributed by atoms with E-state index in [1.807, 2.05) is 5.32 Å². The average Bonchev–Trinajstić information content (AvgIpc) is 2.54. The van der Waals surface area contributed by atoms with Gasteiger partial charge in [-0.3, -0.25) is 9.59 Å². The van der Waals surface area contributed by atoms with E-state index >= 15 is 0 Å². The topological polar surface area (TPSA) is 78.4 Å². The van der Waals surface area contributed by atoms with Crippen molar-refractivity contribution in [3.8, 4) is 0 Å². The molecule has 0 radical (unpaired) electrons. The van der Waals surface area contributed by atoms with E-state index in [4.69, 9.17) is 0 Å². The maximum atomic E-state index is 13.4. The van der Waals surface area contributed by atoms with Gasteiger partial charge in [-0.2, -0.15) is 0 Å². The Morgan fingerprint density at radius 2 is 1.78 bits per heavy atom. The molecule has 0 aliphatic heterocycles. The van der Waals surface area contributed by atoms with Gasteiger partial charge in [0.1, 0.15) is 0 Å². The quantitative estimate of drug-likeness (QED) is 0.583. The van der Waals surface area contributed by atoms with Crippen LogP contribution in [-0.2, 0) is 9.59 Å². The molecule has 1 aliphatic carbocycles. The molecule has 1 aromatic rings. The second-order valence-corrected chi connectivity index (χ2v) is 5.50. The SMILES string of the molecule is O=C(NC[C@H]1CCCC[C@@H]1O)C(=O)Nc1ccc(F)c(F)c1F. The van der Waals surface area contributed by atoms with E-state index < -0.39 is 41.1 Å². The van der Waals surface area contributed by atoms with E-state index in [-0.39, 0.29) is 12.5 Å². The van der Waals surface area contributed by atoms with Gasteiger partial charge < -0.3 is 15.7 Å². The van der Waals surface area contributed by atoms with Crippen LogP contribution in [0.3, 0.4) is 0 Å². The Bertz CT molecular complexity index is 610. The second kappa shape index (κ2) is 7.45. The first-order chi connectivity index (χ1) is 10.9. The fraction of sp³-hybridized carbons (Fsp3) is 0.467. The van der Waals surface area contributed by atoms with Crippen molar-refractivity contribution in [3.63, 3.8) is 0 Å². The van der Waals surface area contributed by atoms with Gasteiger partial charge in [0, 0.05) is 12.5 Å². The summed E-state index contributed by atoms with van der Waals surface area (Å²) in [6.45, 7) is 0.119. The molecule has 2 rings (SSSR count). The molecule has 1 aliphatic rings. The highest BCUT2D eigenvalue weighted by Gasteiger charge is 2.25. The zero-order valence-electron chi connectivity index (χ0n) is 12.2. The lowest BCUT2D eigenvalue weighted by atomic mass is 9.86. The first-order valence-corrected chi connectivity index (χ1v) is 7.31. The van der Waals surface area contributed by atoms with Crippen LogP contribution in [0.1, 0.15) is 25.7 Å². The van der Waals surface area contributed by atoms with Gasteiger partial charge in [-0.1, -0.05) is 12.8 Å². The number of aliphatic hydroxyl groups excluding tert-OH is 1. The zero-order chi connectivity index (χ0) is 17.0. The summed E-state index contributed by atoms with van der Waals surface area (Å²) in [4.78, 5) is 23.3. The van der Waals surface area contributed by atoms with Gasteiger partial charge in [0.25, 0.3) is 0 Å². The third-order valence-corrected chi connectivity index (χ3v) is 3.88. The fourth-order valence-corrected chi connectivity index (χ4v) is 2.53. The first kappa shape index (κ1) is 17.3. The third-order valence-electron chi connectivity index (χ3n) is 3.88. The molecule has 2 atom stereocenters. The molecule has 126 valence electrons. The molecule has 0 unspecified atom stereocenters. The summed E-state index contributed by atoms with van der Waals surface area (Å²) in [7, 11) is 0. The summed E-state index contributed by atoms with van der Waals surface area (Å²) < 4.78 is 39.3. The molecule has 0 bridgehead atoms. The highest BCUT2D eigenvalue weighted by Crippen LogP contribution is 2.23. The largest absolute Gasteiger partial charge is 0.393 e. The van der Waals surface area contributed by atoms with Crippen molar-refractivity contribution in [2.45, 2.75) is 31.8 Å². The molecular weight excluding hydrogens is 313 g/mol. The van der Waals surface area contributed by atoms with E-state index in [0.29, 0.717) is 12.5 Å². The maximum Gasteiger partial charge on any atom is 0.313 e. The van der Waals surface area contributed by atoms with Gasteiger partial charge in [-0.15, -0.1) is 0 Å². The summed E-state index contributed by atoms with van der Waals surface area (Å²) in [5, 5.41) is 14.0. The molecule has 1 aromatic carbocycles. The number of anilines is 1. The first-order valence-electron chi connectivity index (χ1n) is 7.31. The Morgan fingerprint density at radius 3 is 2.48 bits per heavy atom. The Labute approximate surface area is 130 Å². The highest BCUT2D eigenvalue weighted by atomic mass is 19.2. The number of hydrogen-bond acceptors (Lipinski definition) is 3. The molecule has 8 heteroatoms. The molecule has 2 amide bonds. The van der Waals surface area contributed by atoms with Crippen molar-refractivity contribution in [1.29, 1.82) is 0 Å². The molecule has 0 spiro atoms. The minimum Gasteiger partial charge on any atom is -0.393 e. The molecule has 3 N–H and O–H groups in total. The van der Waals surface area contributed by atoms with Gasteiger partial charge >= 0.3 is 11.8 Å². The summed E-state index contributed by atoms with van der Waals surface area (Å²) in [6.07, 6.45) is 2.70. The number of nitrogens with one attached hydrogen (secondary N) is 2. The Hall–Kier alpha value is -2.09. The molecule has 1 saturated carbocycles.